The minimum absolute atomic E-state index is 0.0436. The minimum Gasteiger partial charge on any atom is -0.352 e. The second-order valence-electron chi connectivity index (χ2n) is 9.67. The molecule has 29 heavy (non-hydrogen) atoms. The van der Waals surface area contributed by atoms with E-state index >= 15 is 0 Å². The molecule has 1 heterocycles. The monoisotopic (exact) mass is 415 g/mol. The first-order valence-electron chi connectivity index (χ1n) is 11.1. The Morgan fingerprint density at radius 3 is 2.24 bits per heavy atom. The zero-order valence-electron chi connectivity index (χ0n) is 18.1. The first-order chi connectivity index (χ1) is 13.8. The third-order valence-electron chi connectivity index (χ3n) is 7.49. The molecule has 158 valence electrons. The molecule has 5 nitrogen and oxygen atoms in total. The van der Waals surface area contributed by atoms with E-state index in [4.69, 9.17) is 0 Å². The third kappa shape index (κ3) is 4.10. The Morgan fingerprint density at radius 2 is 1.72 bits per heavy atom. The first kappa shape index (κ1) is 20.8. The lowest BCUT2D eigenvalue weighted by Crippen LogP contribution is -2.56. The Morgan fingerprint density at radius 1 is 1.14 bits per heavy atom. The molecule has 0 radical (unpaired) electrons. The molecule has 1 unspecified atom stereocenters. The van der Waals surface area contributed by atoms with Gasteiger partial charge in [-0.3, -0.25) is 9.59 Å². The molecular weight excluding hydrogens is 382 g/mol. The second-order valence-corrected chi connectivity index (χ2v) is 10.6. The van der Waals surface area contributed by atoms with Crippen LogP contribution in [0.2, 0.25) is 0 Å². The number of rotatable bonds is 7. The molecule has 0 aliphatic heterocycles. The van der Waals surface area contributed by atoms with Crippen molar-refractivity contribution >= 4 is 23.5 Å². The molecule has 1 amide bonds. The number of aryl methyl sites for hydroxylation is 2. The van der Waals surface area contributed by atoms with E-state index in [1.807, 2.05) is 13.8 Å². The molecule has 4 fully saturated rings. The van der Waals surface area contributed by atoms with Gasteiger partial charge in [-0.15, -0.1) is 0 Å². The van der Waals surface area contributed by atoms with Crippen molar-refractivity contribution in [2.24, 2.45) is 23.2 Å². The van der Waals surface area contributed by atoms with Crippen LogP contribution in [-0.2, 0) is 11.2 Å². The van der Waals surface area contributed by atoms with Crippen molar-refractivity contribution in [2.75, 3.05) is 5.75 Å². The van der Waals surface area contributed by atoms with Crippen LogP contribution < -0.4 is 5.32 Å². The van der Waals surface area contributed by atoms with Crippen molar-refractivity contribution in [1.82, 2.24) is 15.3 Å². The predicted octanol–water partition coefficient (Wildman–Crippen LogP) is 4.36. The molecule has 1 aromatic rings. The summed E-state index contributed by atoms with van der Waals surface area (Å²) in [6.45, 7) is 7.59. The van der Waals surface area contributed by atoms with Crippen molar-refractivity contribution in [3.8, 4) is 0 Å². The van der Waals surface area contributed by atoms with Gasteiger partial charge in [0, 0.05) is 12.5 Å². The number of hydrogen-bond donors (Lipinski definition) is 1. The Balaban J connectivity index is 1.41. The van der Waals surface area contributed by atoms with Crippen LogP contribution in [-0.4, -0.2) is 33.5 Å². The quantitative estimate of drug-likeness (QED) is 0.407. The smallest absolute Gasteiger partial charge is 0.230 e. The second kappa shape index (κ2) is 8.01. The highest BCUT2D eigenvalue weighted by Gasteiger charge is 2.53. The highest BCUT2D eigenvalue weighted by Crippen LogP contribution is 2.61. The number of Topliss-reactive ketones (excluding diaryl/α,β-unsaturated/α-hetero) is 1. The van der Waals surface area contributed by atoms with Gasteiger partial charge in [0.1, 0.15) is 10.9 Å². The van der Waals surface area contributed by atoms with Gasteiger partial charge in [0.2, 0.25) is 5.91 Å². The maximum absolute atomic E-state index is 12.8. The fraction of sp³-hybridized carbons (Fsp3) is 0.739. The van der Waals surface area contributed by atoms with Gasteiger partial charge in [0.25, 0.3) is 0 Å². The van der Waals surface area contributed by atoms with E-state index in [9.17, 15) is 9.59 Å². The van der Waals surface area contributed by atoms with Crippen LogP contribution in [0.25, 0.3) is 0 Å². The number of nitrogens with zero attached hydrogens (tertiary/aromatic N) is 2. The highest BCUT2D eigenvalue weighted by molar-refractivity contribution is 8.00. The fourth-order valence-corrected chi connectivity index (χ4v) is 7.51. The number of carbonyl (C=O) groups excluding carboxylic acids is 2. The van der Waals surface area contributed by atoms with Crippen LogP contribution in [0, 0.1) is 30.1 Å². The van der Waals surface area contributed by atoms with Gasteiger partial charge in [-0.2, -0.15) is 0 Å². The summed E-state index contributed by atoms with van der Waals surface area (Å²) in [5.41, 5.74) is 1.56. The molecule has 1 aromatic heterocycles. The van der Waals surface area contributed by atoms with Gasteiger partial charge in [0.15, 0.2) is 5.78 Å². The third-order valence-corrected chi connectivity index (χ3v) is 8.47. The van der Waals surface area contributed by atoms with E-state index in [-0.39, 0.29) is 23.5 Å². The number of aromatic nitrogens is 2. The van der Waals surface area contributed by atoms with Crippen molar-refractivity contribution in [3.05, 3.63) is 17.1 Å². The standard InChI is InChI=1S/C23H33N3O2S/c1-5-19-24-13(2)21(14(3)27)22(26-19)29-12-20(28)25-15(4)23-9-16-6-17(10-23)8-18(7-16)11-23/h15-18H,5-12H2,1-4H3,(H,25,28). The zero-order valence-corrected chi connectivity index (χ0v) is 18.9. The summed E-state index contributed by atoms with van der Waals surface area (Å²) in [5.74, 6) is 3.64. The SMILES string of the molecule is CCc1nc(C)c(C(C)=O)c(SCC(=O)NC(C)C23CC4CC(CC(C4)C2)C3)n1. The summed E-state index contributed by atoms with van der Waals surface area (Å²) in [6.07, 6.45) is 8.80. The first-order valence-corrected chi connectivity index (χ1v) is 12.1. The molecule has 0 spiro atoms. The molecule has 5 rings (SSSR count). The van der Waals surface area contributed by atoms with Gasteiger partial charge >= 0.3 is 0 Å². The Kier molecular flexibility index (Phi) is 5.75. The van der Waals surface area contributed by atoms with Crippen LogP contribution in [0.15, 0.2) is 5.03 Å². The summed E-state index contributed by atoms with van der Waals surface area (Å²) in [5, 5.41) is 3.95. The number of carbonyl (C=O) groups is 2. The zero-order chi connectivity index (χ0) is 20.8. The van der Waals surface area contributed by atoms with E-state index in [0.717, 1.165) is 23.6 Å². The minimum atomic E-state index is -0.0463. The maximum Gasteiger partial charge on any atom is 0.230 e. The predicted molar refractivity (Wildman–Crippen MR) is 115 cm³/mol. The topological polar surface area (TPSA) is 72.0 Å². The Bertz CT molecular complexity index is 787. The number of amides is 1. The summed E-state index contributed by atoms with van der Waals surface area (Å²) >= 11 is 1.36. The summed E-state index contributed by atoms with van der Waals surface area (Å²) < 4.78 is 0. The molecule has 0 aromatic carbocycles. The van der Waals surface area contributed by atoms with E-state index in [1.54, 1.807) is 0 Å². The van der Waals surface area contributed by atoms with Crippen LogP contribution in [0.5, 0.6) is 0 Å². The van der Waals surface area contributed by atoms with E-state index in [2.05, 4.69) is 22.2 Å². The number of nitrogens with one attached hydrogen (secondary N) is 1. The van der Waals surface area contributed by atoms with Crippen LogP contribution in [0.4, 0.5) is 0 Å². The van der Waals surface area contributed by atoms with Gasteiger partial charge in [0.05, 0.1) is 17.0 Å². The van der Waals surface area contributed by atoms with Crippen LogP contribution in [0.1, 0.15) is 81.2 Å². The summed E-state index contributed by atoms with van der Waals surface area (Å²) in [4.78, 5) is 33.8. The van der Waals surface area contributed by atoms with Crippen molar-refractivity contribution in [2.45, 2.75) is 83.7 Å². The van der Waals surface area contributed by atoms with E-state index in [1.165, 1.54) is 57.2 Å². The lowest BCUT2D eigenvalue weighted by atomic mass is 9.48. The average Bonchev–Trinajstić information content (AvgIpc) is 2.64. The molecule has 1 atom stereocenters. The van der Waals surface area contributed by atoms with Crippen LogP contribution >= 0.6 is 11.8 Å². The fourth-order valence-electron chi connectivity index (χ4n) is 6.55. The average molecular weight is 416 g/mol. The lowest BCUT2D eigenvalue weighted by molar-refractivity contribution is -0.123. The van der Waals surface area contributed by atoms with E-state index < -0.39 is 0 Å². The summed E-state index contributed by atoms with van der Waals surface area (Å²) in [6, 6.07) is 0.217. The van der Waals surface area contributed by atoms with E-state index in [0.29, 0.717) is 28.1 Å². The normalized spacial score (nSPS) is 31.0. The molecule has 6 heteroatoms. The van der Waals surface area contributed by atoms with Crippen LogP contribution in [0.3, 0.4) is 0 Å². The lowest BCUT2D eigenvalue weighted by Gasteiger charge is -2.59. The van der Waals surface area contributed by atoms with Crippen molar-refractivity contribution in [1.29, 1.82) is 0 Å². The molecule has 0 saturated heterocycles. The maximum atomic E-state index is 12.8. The number of ketones is 1. The highest BCUT2D eigenvalue weighted by atomic mass is 32.2. The largest absolute Gasteiger partial charge is 0.352 e. The molecule has 4 aliphatic carbocycles. The van der Waals surface area contributed by atoms with Gasteiger partial charge < -0.3 is 5.32 Å². The molecular formula is C23H33N3O2S. The van der Waals surface area contributed by atoms with Crippen molar-refractivity contribution in [3.63, 3.8) is 0 Å². The van der Waals surface area contributed by atoms with Gasteiger partial charge in [-0.1, -0.05) is 18.7 Å². The Labute approximate surface area is 178 Å². The van der Waals surface area contributed by atoms with Gasteiger partial charge in [-0.05, 0) is 82.5 Å². The molecule has 4 aliphatic rings. The molecule has 1 N–H and O–H groups in total. The van der Waals surface area contributed by atoms with Crippen molar-refractivity contribution < 1.29 is 9.59 Å². The summed E-state index contributed by atoms with van der Waals surface area (Å²) in [7, 11) is 0. The molecule has 4 bridgehead atoms. The molecule has 4 saturated carbocycles. The number of hydrogen-bond acceptors (Lipinski definition) is 5. The number of thioether (sulfide) groups is 1. The Hall–Kier alpha value is -1.43. The van der Waals surface area contributed by atoms with Gasteiger partial charge in [-0.25, -0.2) is 9.97 Å².